The molecule has 0 atom stereocenters. The number of ether oxygens (including phenoxy) is 3. The zero-order valence-electron chi connectivity index (χ0n) is 15.9. The maximum absolute atomic E-state index is 12.4. The lowest BCUT2D eigenvalue weighted by Crippen LogP contribution is -2.13. The van der Waals surface area contributed by atoms with Gasteiger partial charge in [-0.25, -0.2) is 0 Å². The number of nitrogens with one attached hydrogen (secondary N) is 1. The number of hydrogen-bond donors (Lipinski definition) is 1. The molecule has 0 radical (unpaired) electrons. The summed E-state index contributed by atoms with van der Waals surface area (Å²) in [6, 6.07) is 14.0. The first-order valence-electron chi connectivity index (χ1n) is 8.69. The van der Waals surface area contributed by atoms with Crippen LogP contribution in [0.25, 0.3) is 6.08 Å². The molecule has 0 bridgehead atoms. The molecular formula is C22H22N2O4. The van der Waals surface area contributed by atoms with E-state index in [2.05, 4.69) is 11.9 Å². The Morgan fingerprint density at radius 3 is 2.54 bits per heavy atom. The van der Waals surface area contributed by atoms with E-state index in [-0.39, 0.29) is 5.57 Å². The highest BCUT2D eigenvalue weighted by molar-refractivity contribution is 6.09. The van der Waals surface area contributed by atoms with Crippen molar-refractivity contribution in [2.45, 2.75) is 6.92 Å². The van der Waals surface area contributed by atoms with Crippen LogP contribution in [0.3, 0.4) is 0 Å². The van der Waals surface area contributed by atoms with Gasteiger partial charge in [-0.2, -0.15) is 5.26 Å². The molecule has 2 aromatic rings. The number of amides is 1. The summed E-state index contributed by atoms with van der Waals surface area (Å²) in [6.07, 6.45) is 3.14. The van der Waals surface area contributed by atoms with Crippen LogP contribution >= 0.6 is 0 Å². The SMILES string of the molecule is C=CCOc1ccc(C=C(C#N)C(=O)Nc2ccc(OC)cc2)cc1OCC. The van der Waals surface area contributed by atoms with Crippen LogP contribution in [-0.2, 0) is 4.79 Å². The maximum atomic E-state index is 12.4. The summed E-state index contributed by atoms with van der Waals surface area (Å²) in [5.41, 5.74) is 1.18. The number of benzene rings is 2. The molecule has 144 valence electrons. The zero-order valence-corrected chi connectivity index (χ0v) is 15.9. The summed E-state index contributed by atoms with van der Waals surface area (Å²) in [5, 5.41) is 12.1. The van der Waals surface area contributed by atoms with Gasteiger partial charge in [-0.3, -0.25) is 4.79 Å². The van der Waals surface area contributed by atoms with Gasteiger partial charge in [0.05, 0.1) is 13.7 Å². The second-order valence-electron chi connectivity index (χ2n) is 5.59. The van der Waals surface area contributed by atoms with Crippen LogP contribution in [0.5, 0.6) is 17.2 Å². The van der Waals surface area contributed by atoms with Crippen molar-refractivity contribution in [1.82, 2.24) is 0 Å². The van der Waals surface area contributed by atoms with Gasteiger partial charge < -0.3 is 19.5 Å². The molecule has 0 aliphatic carbocycles. The number of anilines is 1. The molecule has 28 heavy (non-hydrogen) atoms. The lowest BCUT2D eigenvalue weighted by atomic mass is 10.1. The van der Waals surface area contributed by atoms with Gasteiger partial charge in [-0.1, -0.05) is 18.7 Å². The van der Waals surface area contributed by atoms with Crippen LogP contribution < -0.4 is 19.5 Å². The summed E-state index contributed by atoms with van der Waals surface area (Å²) in [6.45, 7) is 6.29. The van der Waals surface area contributed by atoms with Crippen molar-refractivity contribution in [1.29, 1.82) is 5.26 Å². The van der Waals surface area contributed by atoms with Crippen molar-refractivity contribution >= 4 is 17.7 Å². The normalized spacial score (nSPS) is 10.5. The van der Waals surface area contributed by atoms with E-state index in [0.717, 1.165) is 0 Å². The van der Waals surface area contributed by atoms with Crippen molar-refractivity contribution in [2.75, 3.05) is 25.6 Å². The Bertz CT molecular complexity index is 896. The van der Waals surface area contributed by atoms with Gasteiger partial charge in [0.25, 0.3) is 5.91 Å². The smallest absolute Gasteiger partial charge is 0.266 e. The maximum Gasteiger partial charge on any atom is 0.266 e. The van der Waals surface area contributed by atoms with Crippen molar-refractivity contribution in [2.24, 2.45) is 0 Å². The van der Waals surface area contributed by atoms with Crippen molar-refractivity contribution in [3.8, 4) is 23.3 Å². The first-order valence-corrected chi connectivity index (χ1v) is 8.69. The largest absolute Gasteiger partial charge is 0.497 e. The number of carbonyl (C=O) groups is 1. The Kier molecular flexibility index (Phi) is 7.67. The number of nitrogens with zero attached hydrogens (tertiary/aromatic N) is 1. The third kappa shape index (κ3) is 5.64. The number of nitriles is 1. The summed E-state index contributed by atoms with van der Waals surface area (Å²) >= 11 is 0. The molecular weight excluding hydrogens is 356 g/mol. The lowest BCUT2D eigenvalue weighted by Gasteiger charge is -2.11. The van der Waals surface area contributed by atoms with E-state index >= 15 is 0 Å². The van der Waals surface area contributed by atoms with Crippen molar-refractivity contribution in [3.05, 3.63) is 66.3 Å². The van der Waals surface area contributed by atoms with E-state index in [1.807, 2.05) is 13.0 Å². The molecule has 0 aromatic heterocycles. The molecule has 0 saturated carbocycles. The zero-order chi connectivity index (χ0) is 20.4. The van der Waals surface area contributed by atoms with Gasteiger partial charge in [0.2, 0.25) is 0 Å². The Morgan fingerprint density at radius 1 is 1.18 bits per heavy atom. The second kappa shape index (κ2) is 10.4. The fraction of sp³-hybridized carbons (Fsp3) is 0.182. The highest BCUT2D eigenvalue weighted by atomic mass is 16.5. The fourth-order valence-electron chi connectivity index (χ4n) is 2.34. The third-order valence-corrected chi connectivity index (χ3v) is 3.65. The monoisotopic (exact) mass is 378 g/mol. The Hall–Kier alpha value is -3.72. The fourth-order valence-corrected chi connectivity index (χ4v) is 2.34. The first-order chi connectivity index (χ1) is 13.6. The van der Waals surface area contributed by atoms with E-state index < -0.39 is 5.91 Å². The Morgan fingerprint density at radius 2 is 1.93 bits per heavy atom. The van der Waals surface area contributed by atoms with Gasteiger partial charge >= 0.3 is 0 Å². The minimum atomic E-state index is -0.502. The summed E-state index contributed by atoms with van der Waals surface area (Å²) in [5.74, 6) is 1.28. The Balaban J connectivity index is 2.21. The number of methoxy groups -OCH3 is 1. The van der Waals surface area contributed by atoms with E-state index in [0.29, 0.717) is 41.7 Å². The van der Waals surface area contributed by atoms with Gasteiger partial charge in [0.1, 0.15) is 24.0 Å². The number of carbonyl (C=O) groups excluding carboxylic acids is 1. The molecule has 2 rings (SSSR count). The molecule has 0 heterocycles. The van der Waals surface area contributed by atoms with Crippen LogP contribution in [0, 0.1) is 11.3 Å². The van der Waals surface area contributed by atoms with E-state index in [1.165, 1.54) is 6.08 Å². The minimum absolute atomic E-state index is 0.0296. The standard InChI is InChI=1S/C22H22N2O4/c1-4-12-28-20-11-6-16(14-21(20)27-5-2)13-17(15-23)22(25)24-18-7-9-19(26-3)10-8-18/h4,6-11,13-14H,1,5,12H2,2-3H3,(H,24,25). The molecule has 6 heteroatoms. The molecule has 0 aliphatic heterocycles. The van der Waals surface area contributed by atoms with Gasteiger partial charge in [-0.05, 0) is 55.0 Å². The first kappa shape index (κ1) is 20.6. The van der Waals surface area contributed by atoms with Gasteiger partial charge in [0.15, 0.2) is 11.5 Å². The minimum Gasteiger partial charge on any atom is -0.497 e. The van der Waals surface area contributed by atoms with Gasteiger partial charge in [0, 0.05) is 5.69 Å². The summed E-state index contributed by atoms with van der Waals surface area (Å²) in [4.78, 5) is 12.4. The van der Waals surface area contributed by atoms with Crippen molar-refractivity contribution < 1.29 is 19.0 Å². The quantitative estimate of drug-likeness (QED) is 0.402. The van der Waals surface area contributed by atoms with Crippen LogP contribution in [0.4, 0.5) is 5.69 Å². The topological polar surface area (TPSA) is 80.6 Å². The van der Waals surface area contributed by atoms with Gasteiger partial charge in [-0.15, -0.1) is 0 Å². The van der Waals surface area contributed by atoms with Crippen LogP contribution in [0.1, 0.15) is 12.5 Å². The highest BCUT2D eigenvalue weighted by Crippen LogP contribution is 2.29. The average molecular weight is 378 g/mol. The Labute approximate surface area is 164 Å². The molecule has 0 spiro atoms. The molecule has 1 amide bonds. The molecule has 0 aliphatic rings. The molecule has 6 nitrogen and oxygen atoms in total. The molecule has 1 N–H and O–H groups in total. The van der Waals surface area contributed by atoms with Crippen LogP contribution in [0.15, 0.2) is 60.7 Å². The van der Waals surface area contributed by atoms with E-state index in [4.69, 9.17) is 14.2 Å². The summed E-state index contributed by atoms with van der Waals surface area (Å²) in [7, 11) is 1.56. The molecule has 0 saturated heterocycles. The van der Waals surface area contributed by atoms with E-state index in [9.17, 15) is 10.1 Å². The molecule has 0 unspecified atom stereocenters. The average Bonchev–Trinajstić information content (AvgIpc) is 2.72. The molecule has 0 fully saturated rings. The summed E-state index contributed by atoms with van der Waals surface area (Å²) < 4.78 is 16.2. The third-order valence-electron chi connectivity index (χ3n) is 3.65. The second-order valence-corrected chi connectivity index (χ2v) is 5.59. The van der Waals surface area contributed by atoms with Crippen LogP contribution in [-0.4, -0.2) is 26.2 Å². The predicted octanol–water partition coefficient (Wildman–Crippen LogP) is 4.20. The van der Waals surface area contributed by atoms with E-state index in [1.54, 1.807) is 55.7 Å². The number of hydrogen-bond acceptors (Lipinski definition) is 5. The predicted molar refractivity (Wildman–Crippen MR) is 109 cm³/mol. The number of rotatable bonds is 9. The highest BCUT2D eigenvalue weighted by Gasteiger charge is 2.11. The molecule has 2 aromatic carbocycles. The lowest BCUT2D eigenvalue weighted by molar-refractivity contribution is -0.112. The van der Waals surface area contributed by atoms with Crippen LogP contribution in [0.2, 0.25) is 0 Å². The van der Waals surface area contributed by atoms with Crippen molar-refractivity contribution in [3.63, 3.8) is 0 Å².